The van der Waals surface area contributed by atoms with Gasteiger partial charge in [0.2, 0.25) is 5.17 Å². The summed E-state index contributed by atoms with van der Waals surface area (Å²) in [5, 5.41) is 15.7. The third-order valence-corrected chi connectivity index (χ3v) is 6.53. The number of nitrogens with one attached hydrogen (secondary N) is 1. The topological polar surface area (TPSA) is 86.3 Å². The van der Waals surface area contributed by atoms with Gasteiger partial charge in [0, 0.05) is 30.2 Å². The number of ether oxygens (including phenoxy) is 1. The second kappa shape index (κ2) is 8.03. The van der Waals surface area contributed by atoms with Crippen molar-refractivity contribution in [3.05, 3.63) is 58.7 Å². The summed E-state index contributed by atoms with van der Waals surface area (Å²) in [6, 6.07) is 8.26. The number of aliphatic imine (C=N–C) groups is 1. The number of fused-ring (bicyclic) bond motifs is 1. The Kier molecular flexibility index (Phi) is 5.18. The molecular weight excluding hydrogens is 431 g/mol. The molecule has 0 aliphatic carbocycles. The molecule has 2 aromatic rings. The van der Waals surface area contributed by atoms with E-state index in [0.29, 0.717) is 37.2 Å². The van der Waals surface area contributed by atoms with Crippen molar-refractivity contribution in [2.24, 2.45) is 10.1 Å². The monoisotopic (exact) mass is 452 g/mol. The summed E-state index contributed by atoms with van der Waals surface area (Å²) in [4.78, 5) is 19.0. The van der Waals surface area contributed by atoms with E-state index in [1.807, 2.05) is 30.5 Å². The first-order valence-corrected chi connectivity index (χ1v) is 11.0. The third kappa shape index (κ3) is 3.55. The quantitative estimate of drug-likeness (QED) is 0.708. The number of hydrogen-bond donors (Lipinski definition) is 1. The summed E-state index contributed by atoms with van der Waals surface area (Å²) in [5.41, 5.74) is 3.36. The first-order chi connectivity index (χ1) is 15.4. The lowest BCUT2D eigenvalue weighted by Gasteiger charge is -2.26. The molecule has 164 valence electrons. The summed E-state index contributed by atoms with van der Waals surface area (Å²) in [5.74, 6) is -0.796. The van der Waals surface area contributed by atoms with E-state index in [4.69, 9.17) is 10.1 Å². The second-order valence-corrected chi connectivity index (χ2v) is 8.58. The normalized spacial score (nSPS) is 20.0. The van der Waals surface area contributed by atoms with E-state index in [9.17, 15) is 9.18 Å². The summed E-state index contributed by atoms with van der Waals surface area (Å²) in [6.07, 6.45) is 1.66. The number of thioether (sulfide) groups is 1. The Bertz CT molecular complexity index is 1230. The number of carbonyl (C=O) groups is 1. The zero-order valence-corrected chi connectivity index (χ0v) is 18.4. The summed E-state index contributed by atoms with van der Waals surface area (Å²) in [7, 11) is 0. The minimum absolute atomic E-state index is 0.00804. The van der Waals surface area contributed by atoms with Crippen molar-refractivity contribution in [3.63, 3.8) is 0 Å². The fourth-order valence-electron chi connectivity index (χ4n) is 3.97. The van der Waals surface area contributed by atoms with Crippen LogP contribution in [0.2, 0.25) is 0 Å². The first kappa shape index (κ1) is 20.7. The fraction of sp³-hybridized carbons (Fsp3) is 0.273. The van der Waals surface area contributed by atoms with Gasteiger partial charge in [-0.05, 0) is 61.5 Å². The van der Waals surface area contributed by atoms with Crippen molar-refractivity contribution in [3.8, 4) is 5.69 Å². The summed E-state index contributed by atoms with van der Waals surface area (Å²) in [6.45, 7) is 6.48. The van der Waals surface area contributed by atoms with Crippen LogP contribution in [0, 0.1) is 25.1 Å². The fourth-order valence-corrected chi connectivity index (χ4v) is 4.91. The van der Waals surface area contributed by atoms with Crippen molar-refractivity contribution >= 4 is 39.9 Å². The van der Waals surface area contributed by atoms with Gasteiger partial charge in [-0.1, -0.05) is 6.07 Å². The molecule has 0 unspecified atom stereocenters. The highest BCUT2D eigenvalue weighted by Gasteiger charge is 2.37. The summed E-state index contributed by atoms with van der Waals surface area (Å²) < 4.78 is 21.0. The molecule has 0 bridgehead atoms. The molecule has 1 aromatic carbocycles. The number of aromatic nitrogens is 1. The highest BCUT2D eigenvalue weighted by Crippen LogP contribution is 2.31. The number of amides is 1. The second-order valence-electron chi connectivity index (χ2n) is 7.64. The van der Waals surface area contributed by atoms with Crippen molar-refractivity contribution in [2.75, 3.05) is 26.3 Å². The molecule has 0 spiro atoms. The van der Waals surface area contributed by atoms with Crippen LogP contribution in [0.5, 0.6) is 0 Å². The van der Waals surface area contributed by atoms with Gasteiger partial charge in [0.25, 0.3) is 5.91 Å². The molecule has 3 aliphatic heterocycles. The van der Waals surface area contributed by atoms with Crippen LogP contribution in [0.25, 0.3) is 11.8 Å². The van der Waals surface area contributed by atoms with Crippen molar-refractivity contribution in [1.29, 1.82) is 5.41 Å². The number of amidine groups is 3. The number of benzene rings is 1. The molecule has 1 fully saturated rings. The minimum atomic E-state index is -0.470. The van der Waals surface area contributed by atoms with Crippen LogP contribution in [0.1, 0.15) is 17.0 Å². The number of hydrazone groups is 1. The molecule has 4 heterocycles. The molecule has 0 atom stereocenters. The van der Waals surface area contributed by atoms with Gasteiger partial charge in [-0.15, -0.1) is 5.10 Å². The maximum absolute atomic E-state index is 13.7. The van der Waals surface area contributed by atoms with E-state index in [1.54, 1.807) is 12.1 Å². The van der Waals surface area contributed by atoms with Crippen molar-refractivity contribution < 1.29 is 13.9 Å². The molecule has 1 aromatic heterocycles. The number of halogens is 1. The van der Waals surface area contributed by atoms with Crippen molar-refractivity contribution in [2.45, 2.75) is 13.8 Å². The van der Waals surface area contributed by atoms with E-state index < -0.39 is 5.91 Å². The molecule has 1 N–H and O–H groups in total. The van der Waals surface area contributed by atoms with Crippen LogP contribution in [0.15, 0.2) is 46.0 Å². The minimum Gasteiger partial charge on any atom is -0.378 e. The molecule has 0 saturated carbocycles. The third-order valence-electron chi connectivity index (χ3n) is 5.56. The Labute approximate surface area is 188 Å². The lowest BCUT2D eigenvalue weighted by atomic mass is 10.1. The smallest absolute Gasteiger partial charge is 0.283 e. The van der Waals surface area contributed by atoms with Crippen molar-refractivity contribution in [1.82, 2.24) is 14.5 Å². The largest absolute Gasteiger partial charge is 0.378 e. The molecule has 0 radical (unpaired) electrons. The average Bonchev–Trinajstić information content (AvgIpc) is 3.32. The zero-order valence-electron chi connectivity index (χ0n) is 17.6. The molecule has 8 nitrogen and oxygen atoms in total. The van der Waals surface area contributed by atoms with Crippen LogP contribution in [-0.4, -0.2) is 62.9 Å². The predicted octanol–water partition coefficient (Wildman–Crippen LogP) is 3.14. The summed E-state index contributed by atoms with van der Waals surface area (Å²) >= 11 is 1.29. The molecule has 1 amide bonds. The Balaban J connectivity index is 1.48. The Morgan fingerprint density at radius 1 is 1.19 bits per heavy atom. The number of carbonyl (C=O) groups excluding carboxylic acids is 1. The Morgan fingerprint density at radius 3 is 2.72 bits per heavy atom. The zero-order chi connectivity index (χ0) is 22.4. The highest BCUT2D eigenvalue weighted by atomic mass is 32.2. The van der Waals surface area contributed by atoms with Gasteiger partial charge in [0.05, 0.1) is 18.8 Å². The molecule has 5 rings (SSSR count). The number of hydrogen-bond acceptors (Lipinski definition) is 6. The van der Waals surface area contributed by atoms with Crippen LogP contribution < -0.4 is 0 Å². The number of nitrogens with zero attached hydrogens (tertiary/aromatic N) is 5. The van der Waals surface area contributed by atoms with E-state index in [-0.39, 0.29) is 17.2 Å². The molecule has 3 aliphatic rings. The van der Waals surface area contributed by atoms with Gasteiger partial charge in [-0.25, -0.2) is 4.39 Å². The van der Waals surface area contributed by atoms with Gasteiger partial charge in [0.1, 0.15) is 5.82 Å². The van der Waals surface area contributed by atoms with Crippen LogP contribution in [0.4, 0.5) is 4.39 Å². The lowest BCUT2D eigenvalue weighted by Crippen LogP contribution is -2.39. The van der Waals surface area contributed by atoms with Gasteiger partial charge < -0.3 is 14.2 Å². The Morgan fingerprint density at radius 2 is 1.97 bits per heavy atom. The highest BCUT2D eigenvalue weighted by molar-refractivity contribution is 8.26. The Hall–Kier alpha value is -3.24. The van der Waals surface area contributed by atoms with Gasteiger partial charge in [0.15, 0.2) is 11.0 Å². The SMILES string of the molecule is Cc1cc(/C=C2/C(=N)N3N=C(N4CCOCC4)SC3=NC2=O)c(C)n1-c1cccc(F)c1. The van der Waals surface area contributed by atoms with E-state index in [1.165, 1.54) is 28.9 Å². The van der Waals surface area contributed by atoms with E-state index in [2.05, 4.69) is 15.0 Å². The van der Waals surface area contributed by atoms with Gasteiger partial charge in [-0.2, -0.15) is 10.0 Å². The van der Waals surface area contributed by atoms with E-state index >= 15 is 0 Å². The number of aryl methyl sites for hydroxylation is 1. The molecule has 10 heteroatoms. The first-order valence-electron chi connectivity index (χ1n) is 10.2. The predicted molar refractivity (Wildman–Crippen MR) is 123 cm³/mol. The van der Waals surface area contributed by atoms with Crippen LogP contribution >= 0.6 is 11.8 Å². The maximum Gasteiger partial charge on any atom is 0.283 e. The standard InChI is InChI=1S/C22H21FN6O2S/c1-13-10-15(14(2)28(13)17-5-3-4-16(23)12-17)11-18-19(24)29-21(25-20(18)30)32-22(26-29)27-6-8-31-9-7-27/h3-5,10-12,24H,6-9H2,1-2H3/b18-11-,24-19?. The van der Waals surface area contributed by atoms with Gasteiger partial charge >= 0.3 is 0 Å². The number of morpholine rings is 1. The van der Waals surface area contributed by atoms with Crippen LogP contribution in [-0.2, 0) is 9.53 Å². The molecule has 32 heavy (non-hydrogen) atoms. The molecule has 1 saturated heterocycles. The van der Waals surface area contributed by atoms with Gasteiger partial charge in [-0.3, -0.25) is 10.2 Å². The maximum atomic E-state index is 13.7. The lowest BCUT2D eigenvalue weighted by molar-refractivity contribution is -0.114. The average molecular weight is 453 g/mol. The van der Waals surface area contributed by atoms with Crippen LogP contribution in [0.3, 0.4) is 0 Å². The number of rotatable bonds is 2. The molecular formula is C22H21FN6O2S. The van der Waals surface area contributed by atoms with E-state index in [0.717, 1.165) is 22.1 Å².